The first kappa shape index (κ1) is 20.9. The number of rotatable bonds is 3. The van der Waals surface area contributed by atoms with Crippen LogP contribution in [0.25, 0.3) is 5.76 Å². The van der Waals surface area contributed by atoms with Crippen LogP contribution in [0.3, 0.4) is 0 Å². The van der Waals surface area contributed by atoms with Crippen LogP contribution >= 0.6 is 15.9 Å². The second kappa shape index (κ2) is 8.04. The van der Waals surface area contributed by atoms with Crippen molar-refractivity contribution in [2.24, 2.45) is 0 Å². The van der Waals surface area contributed by atoms with Crippen molar-refractivity contribution in [2.75, 3.05) is 4.90 Å². The summed E-state index contributed by atoms with van der Waals surface area (Å²) in [5.74, 6) is -1.97. The summed E-state index contributed by atoms with van der Waals surface area (Å²) in [5.41, 5.74) is 3.00. The van der Waals surface area contributed by atoms with Gasteiger partial charge in [0.05, 0.1) is 17.3 Å². The highest BCUT2D eigenvalue weighted by Gasteiger charge is 2.47. The van der Waals surface area contributed by atoms with E-state index in [-0.39, 0.29) is 22.8 Å². The average molecular weight is 478 g/mol. The molecule has 3 aromatic rings. The van der Waals surface area contributed by atoms with E-state index in [0.717, 1.165) is 15.6 Å². The molecular formula is C25H20BrNO4. The molecule has 6 heteroatoms. The third-order valence-electron chi connectivity index (χ3n) is 5.38. The molecule has 5 nitrogen and oxygen atoms in total. The maximum Gasteiger partial charge on any atom is 0.300 e. The van der Waals surface area contributed by atoms with E-state index >= 15 is 0 Å². The minimum absolute atomic E-state index is 0.0150. The van der Waals surface area contributed by atoms with Crippen LogP contribution in [0.15, 0.2) is 76.8 Å². The van der Waals surface area contributed by atoms with Crippen LogP contribution in [0, 0.1) is 13.8 Å². The number of anilines is 1. The molecule has 1 unspecified atom stereocenters. The van der Waals surface area contributed by atoms with Crippen molar-refractivity contribution in [2.45, 2.75) is 19.9 Å². The number of phenols is 1. The molecule has 0 aliphatic carbocycles. The molecule has 1 amide bonds. The van der Waals surface area contributed by atoms with E-state index < -0.39 is 17.7 Å². The molecule has 4 rings (SSSR count). The van der Waals surface area contributed by atoms with Gasteiger partial charge in [-0.05, 0) is 54.8 Å². The van der Waals surface area contributed by atoms with Gasteiger partial charge in [-0.15, -0.1) is 0 Å². The fourth-order valence-electron chi connectivity index (χ4n) is 3.81. The van der Waals surface area contributed by atoms with Gasteiger partial charge in [-0.25, -0.2) is 0 Å². The van der Waals surface area contributed by atoms with E-state index in [9.17, 15) is 19.8 Å². The normalized spacial score (nSPS) is 17.9. The second-order valence-electron chi connectivity index (χ2n) is 7.54. The predicted molar refractivity (Wildman–Crippen MR) is 123 cm³/mol. The van der Waals surface area contributed by atoms with Gasteiger partial charge in [0, 0.05) is 10.0 Å². The second-order valence-corrected chi connectivity index (χ2v) is 8.39. The molecule has 1 saturated heterocycles. The number of Topliss-reactive ketones (excluding diaryl/α,β-unsaturated/α-hetero) is 1. The van der Waals surface area contributed by atoms with Gasteiger partial charge >= 0.3 is 0 Å². The third-order valence-corrected chi connectivity index (χ3v) is 6.27. The molecule has 1 fully saturated rings. The first-order valence-corrected chi connectivity index (χ1v) is 10.5. The molecule has 1 aliphatic heterocycles. The Morgan fingerprint density at radius 3 is 2.35 bits per heavy atom. The van der Waals surface area contributed by atoms with Gasteiger partial charge in [-0.1, -0.05) is 58.4 Å². The minimum Gasteiger partial charge on any atom is -0.507 e. The number of phenolic OH excluding ortho intramolecular Hbond substituents is 1. The molecule has 0 bridgehead atoms. The summed E-state index contributed by atoms with van der Waals surface area (Å²) in [5, 5.41) is 21.6. The molecule has 0 radical (unpaired) electrons. The number of aliphatic hydroxyl groups is 1. The zero-order valence-corrected chi connectivity index (χ0v) is 18.6. The quantitative estimate of drug-likeness (QED) is 0.300. The van der Waals surface area contributed by atoms with Gasteiger partial charge in [-0.2, -0.15) is 0 Å². The van der Waals surface area contributed by atoms with Crippen molar-refractivity contribution < 1.29 is 19.8 Å². The van der Waals surface area contributed by atoms with Crippen molar-refractivity contribution in [1.29, 1.82) is 0 Å². The summed E-state index contributed by atoms with van der Waals surface area (Å²) in [4.78, 5) is 27.5. The Balaban J connectivity index is 1.98. The molecule has 0 saturated carbocycles. The smallest absolute Gasteiger partial charge is 0.300 e. The fraction of sp³-hybridized carbons (Fsp3) is 0.120. The largest absolute Gasteiger partial charge is 0.507 e. The number of hydrogen-bond acceptors (Lipinski definition) is 4. The zero-order chi connectivity index (χ0) is 22.3. The number of amides is 1. The summed E-state index contributed by atoms with van der Waals surface area (Å²) in [6.07, 6.45) is 0. The van der Waals surface area contributed by atoms with Crippen molar-refractivity contribution in [1.82, 2.24) is 0 Å². The van der Waals surface area contributed by atoms with Crippen LogP contribution in [0.5, 0.6) is 5.75 Å². The summed E-state index contributed by atoms with van der Waals surface area (Å²) >= 11 is 3.43. The SMILES string of the molecule is Cc1ccc(O)c(N2C(=O)C(=O)/C(=C(\O)c3ccc(Br)c(C)c3)C2c2ccccc2)c1. The molecule has 3 aromatic carbocycles. The summed E-state index contributed by atoms with van der Waals surface area (Å²) < 4.78 is 0.869. The topological polar surface area (TPSA) is 77.8 Å². The van der Waals surface area contributed by atoms with Crippen LogP contribution in [0.4, 0.5) is 5.69 Å². The Kier molecular flexibility index (Phi) is 5.41. The van der Waals surface area contributed by atoms with Gasteiger partial charge in [0.15, 0.2) is 0 Å². The molecule has 1 aliphatic rings. The Hall–Kier alpha value is -3.38. The van der Waals surface area contributed by atoms with Crippen LogP contribution in [0.1, 0.15) is 28.3 Å². The number of aromatic hydroxyl groups is 1. The molecule has 156 valence electrons. The van der Waals surface area contributed by atoms with Crippen LogP contribution in [-0.4, -0.2) is 21.9 Å². The lowest BCUT2D eigenvalue weighted by Crippen LogP contribution is -2.29. The molecular weight excluding hydrogens is 458 g/mol. The van der Waals surface area contributed by atoms with E-state index in [1.807, 2.05) is 19.9 Å². The van der Waals surface area contributed by atoms with Gasteiger partial charge in [-0.3, -0.25) is 14.5 Å². The highest BCUT2D eigenvalue weighted by Crippen LogP contribution is 2.45. The predicted octanol–water partition coefficient (Wildman–Crippen LogP) is 5.40. The first-order chi connectivity index (χ1) is 14.8. The minimum atomic E-state index is -0.877. The van der Waals surface area contributed by atoms with Crippen LogP contribution < -0.4 is 4.90 Å². The molecule has 0 spiro atoms. The van der Waals surface area contributed by atoms with Gasteiger partial charge in [0.1, 0.15) is 11.5 Å². The van der Waals surface area contributed by atoms with Crippen molar-refractivity contribution >= 4 is 39.1 Å². The lowest BCUT2D eigenvalue weighted by Gasteiger charge is -2.26. The number of carbonyl (C=O) groups is 2. The third kappa shape index (κ3) is 3.64. The Bertz CT molecular complexity index is 1230. The number of carbonyl (C=O) groups excluding carboxylic acids is 2. The number of aryl methyl sites for hydroxylation is 2. The number of hydrogen-bond donors (Lipinski definition) is 2. The molecule has 1 heterocycles. The Labute approximate surface area is 188 Å². The monoisotopic (exact) mass is 477 g/mol. The lowest BCUT2D eigenvalue weighted by molar-refractivity contribution is -0.132. The van der Waals surface area contributed by atoms with Crippen LogP contribution in [0.2, 0.25) is 0 Å². The van der Waals surface area contributed by atoms with Gasteiger partial charge in [0.25, 0.3) is 11.7 Å². The number of nitrogens with zero attached hydrogens (tertiary/aromatic N) is 1. The number of halogens is 1. The van der Waals surface area contributed by atoms with Crippen LogP contribution in [-0.2, 0) is 9.59 Å². The first-order valence-electron chi connectivity index (χ1n) is 9.71. The summed E-state index contributed by atoms with van der Waals surface area (Å²) in [6.45, 7) is 3.71. The Morgan fingerprint density at radius 2 is 1.68 bits per heavy atom. The van der Waals surface area contributed by atoms with Crippen molar-refractivity contribution in [3.8, 4) is 5.75 Å². The van der Waals surface area contributed by atoms with Crippen molar-refractivity contribution in [3.05, 3.63) is 99.0 Å². The molecule has 1 atom stereocenters. The highest BCUT2D eigenvalue weighted by molar-refractivity contribution is 9.10. The van der Waals surface area contributed by atoms with Gasteiger partial charge in [0.2, 0.25) is 0 Å². The standard InChI is InChI=1S/C25H20BrNO4/c1-14-8-11-20(28)19(12-14)27-22(16-6-4-3-5-7-16)21(24(30)25(27)31)23(29)17-9-10-18(26)15(2)13-17/h3-13,22,28-29H,1-2H3/b23-21-. The maximum atomic E-state index is 13.1. The van der Waals surface area contributed by atoms with E-state index in [4.69, 9.17) is 0 Å². The van der Waals surface area contributed by atoms with Crippen molar-refractivity contribution in [3.63, 3.8) is 0 Å². The lowest BCUT2D eigenvalue weighted by atomic mass is 9.94. The number of benzene rings is 3. The highest BCUT2D eigenvalue weighted by atomic mass is 79.9. The zero-order valence-electron chi connectivity index (χ0n) is 17.0. The Morgan fingerprint density at radius 1 is 0.968 bits per heavy atom. The maximum absolute atomic E-state index is 13.1. The molecule has 2 N–H and O–H groups in total. The fourth-order valence-corrected chi connectivity index (χ4v) is 4.05. The average Bonchev–Trinajstić information content (AvgIpc) is 3.02. The molecule has 0 aromatic heterocycles. The summed E-state index contributed by atoms with van der Waals surface area (Å²) in [7, 11) is 0. The number of ketones is 1. The van der Waals surface area contributed by atoms with E-state index in [2.05, 4.69) is 15.9 Å². The van der Waals surface area contributed by atoms with E-state index in [1.54, 1.807) is 54.6 Å². The number of aliphatic hydroxyl groups excluding tert-OH is 1. The molecule has 31 heavy (non-hydrogen) atoms. The van der Waals surface area contributed by atoms with E-state index in [1.165, 1.54) is 11.0 Å². The van der Waals surface area contributed by atoms with Gasteiger partial charge < -0.3 is 10.2 Å². The van der Waals surface area contributed by atoms with E-state index in [0.29, 0.717) is 11.1 Å². The summed E-state index contributed by atoms with van der Waals surface area (Å²) in [6, 6.07) is 18.2.